The van der Waals surface area contributed by atoms with E-state index in [0.717, 1.165) is 5.56 Å². The van der Waals surface area contributed by atoms with E-state index in [1.807, 2.05) is 18.2 Å². The second kappa shape index (κ2) is 4.09. The number of hydrogen-bond acceptors (Lipinski definition) is 2. The van der Waals surface area contributed by atoms with Crippen LogP contribution in [0.25, 0.3) is 5.70 Å². The quantitative estimate of drug-likeness (QED) is 0.832. The van der Waals surface area contributed by atoms with Crippen molar-refractivity contribution in [2.45, 2.75) is 18.9 Å². The van der Waals surface area contributed by atoms with Gasteiger partial charge in [-0.2, -0.15) is 0 Å². The summed E-state index contributed by atoms with van der Waals surface area (Å²) in [5.41, 5.74) is 2.73. The van der Waals surface area contributed by atoms with Crippen molar-refractivity contribution in [1.82, 2.24) is 10.2 Å². The van der Waals surface area contributed by atoms with Gasteiger partial charge < -0.3 is 5.32 Å². The van der Waals surface area contributed by atoms with Crippen LogP contribution < -0.4 is 5.32 Å². The molecule has 2 aliphatic rings. The van der Waals surface area contributed by atoms with E-state index in [2.05, 4.69) is 18.5 Å². The van der Waals surface area contributed by atoms with Gasteiger partial charge in [-0.25, -0.2) is 0 Å². The molecule has 1 fully saturated rings. The molecule has 1 aromatic rings. The molecule has 3 rings (SSSR count). The maximum absolute atomic E-state index is 12.4. The minimum absolute atomic E-state index is 0.145. The van der Waals surface area contributed by atoms with Gasteiger partial charge in [-0.3, -0.25) is 14.5 Å². The maximum atomic E-state index is 12.4. The van der Waals surface area contributed by atoms with Crippen molar-refractivity contribution >= 4 is 17.5 Å². The second-order valence-corrected chi connectivity index (χ2v) is 4.81. The van der Waals surface area contributed by atoms with E-state index in [1.165, 1.54) is 4.90 Å². The molecule has 0 radical (unpaired) electrons. The van der Waals surface area contributed by atoms with Crippen LogP contribution in [0, 0.1) is 0 Å². The Morgan fingerprint density at radius 1 is 1.16 bits per heavy atom. The van der Waals surface area contributed by atoms with Gasteiger partial charge in [0.05, 0.1) is 0 Å². The fraction of sp³-hybridized carbons (Fsp3) is 0.200. The van der Waals surface area contributed by atoms with Gasteiger partial charge in [-0.15, -0.1) is 0 Å². The zero-order chi connectivity index (χ0) is 13.6. The molecule has 1 unspecified atom stereocenters. The minimum Gasteiger partial charge on any atom is -0.329 e. The molecule has 2 aliphatic heterocycles. The van der Waals surface area contributed by atoms with Crippen LogP contribution >= 0.6 is 0 Å². The van der Waals surface area contributed by atoms with Crippen molar-refractivity contribution < 1.29 is 9.59 Å². The van der Waals surface area contributed by atoms with Crippen LogP contribution in [0.3, 0.4) is 0 Å². The number of benzene rings is 1. The van der Waals surface area contributed by atoms with E-state index >= 15 is 0 Å². The highest BCUT2D eigenvalue weighted by Crippen LogP contribution is 2.35. The number of nitrogens with zero attached hydrogens (tertiary/aromatic N) is 1. The van der Waals surface area contributed by atoms with Crippen molar-refractivity contribution in [3.05, 3.63) is 54.2 Å². The topological polar surface area (TPSA) is 49.4 Å². The summed E-state index contributed by atoms with van der Waals surface area (Å²) in [4.78, 5) is 25.9. The minimum atomic E-state index is -0.488. The highest BCUT2D eigenvalue weighted by atomic mass is 16.2. The third-order valence-corrected chi connectivity index (χ3v) is 3.61. The van der Waals surface area contributed by atoms with Gasteiger partial charge in [0, 0.05) is 22.5 Å². The number of amides is 2. The van der Waals surface area contributed by atoms with Gasteiger partial charge in [-0.1, -0.05) is 31.4 Å². The Kier molecular flexibility index (Phi) is 2.52. The van der Waals surface area contributed by atoms with Crippen LogP contribution in [0.1, 0.15) is 28.8 Å². The largest absolute Gasteiger partial charge is 0.329 e. The molecule has 1 aromatic carbocycles. The van der Waals surface area contributed by atoms with Crippen LogP contribution in [-0.4, -0.2) is 22.8 Å². The first-order valence-corrected chi connectivity index (χ1v) is 6.20. The standard InChI is InChI=1S/C15H14N2O2/c1-9-7-8-13(14(18)16-9)17-10(2)11-5-3-4-6-12(11)15(17)19/h3-6,13H,1-2,7-8H2,(H,16,18). The normalized spacial score (nSPS) is 22.5. The highest BCUT2D eigenvalue weighted by molar-refractivity contribution is 6.11. The molecule has 1 N–H and O–H groups in total. The summed E-state index contributed by atoms with van der Waals surface area (Å²) in [5, 5.41) is 2.71. The maximum Gasteiger partial charge on any atom is 0.259 e. The predicted molar refractivity (Wildman–Crippen MR) is 72.0 cm³/mol. The molecular formula is C15H14N2O2. The summed E-state index contributed by atoms with van der Waals surface area (Å²) in [6.07, 6.45) is 1.27. The zero-order valence-corrected chi connectivity index (χ0v) is 10.5. The van der Waals surface area contributed by atoms with Crippen LogP contribution in [0.4, 0.5) is 0 Å². The fourth-order valence-corrected chi connectivity index (χ4v) is 2.64. The van der Waals surface area contributed by atoms with Gasteiger partial charge in [0.2, 0.25) is 5.91 Å². The Bertz CT molecular complexity index is 583. The molecule has 19 heavy (non-hydrogen) atoms. The van der Waals surface area contributed by atoms with E-state index in [9.17, 15) is 9.59 Å². The fourth-order valence-electron chi connectivity index (χ4n) is 2.64. The Morgan fingerprint density at radius 2 is 1.84 bits per heavy atom. The smallest absolute Gasteiger partial charge is 0.259 e. The molecule has 0 saturated carbocycles. The Labute approximate surface area is 111 Å². The van der Waals surface area contributed by atoms with Crippen molar-refractivity contribution in [1.29, 1.82) is 0 Å². The van der Waals surface area contributed by atoms with Crippen LogP contribution in [0.2, 0.25) is 0 Å². The van der Waals surface area contributed by atoms with E-state index in [-0.39, 0.29) is 11.8 Å². The van der Waals surface area contributed by atoms with Gasteiger partial charge in [-0.05, 0) is 18.9 Å². The SMILES string of the molecule is C=C1CCC(N2C(=C)c3ccccc3C2=O)C(=O)N1. The molecule has 4 nitrogen and oxygen atoms in total. The summed E-state index contributed by atoms with van der Waals surface area (Å²) in [6, 6.07) is 6.82. The predicted octanol–water partition coefficient (Wildman–Crippen LogP) is 1.91. The summed E-state index contributed by atoms with van der Waals surface area (Å²) in [6.45, 7) is 7.70. The molecule has 1 saturated heterocycles. The Hall–Kier alpha value is -2.36. The average Bonchev–Trinajstić information content (AvgIpc) is 2.64. The van der Waals surface area contributed by atoms with Crippen molar-refractivity contribution in [3.8, 4) is 0 Å². The van der Waals surface area contributed by atoms with Gasteiger partial charge >= 0.3 is 0 Å². The van der Waals surface area contributed by atoms with E-state index < -0.39 is 6.04 Å². The number of carbonyl (C=O) groups is 2. The van der Waals surface area contributed by atoms with E-state index in [1.54, 1.807) is 6.07 Å². The average molecular weight is 254 g/mol. The molecular weight excluding hydrogens is 240 g/mol. The first-order valence-electron chi connectivity index (χ1n) is 6.20. The Morgan fingerprint density at radius 3 is 2.47 bits per heavy atom. The molecule has 0 aliphatic carbocycles. The van der Waals surface area contributed by atoms with Gasteiger partial charge in [0.15, 0.2) is 0 Å². The zero-order valence-electron chi connectivity index (χ0n) is 10.5. The third kappa shape index (κ3) is 1.68. The molecule has 2 amide bonds. The summed E-state index contributed by atoms with van der Waals surface area (Å²) < 4.78 is 0. The molecule has 96 valence electrons. The van der Waals surface area contributed by atoms with Crippen LogP contribution in [0.15, 0.2) is 43.1 Å². The van der Waals surface area contributed by atoms with E-state index in [4.69, 9.17) is 0 Å². The van der Waals surface area contributed by atoms with Crippen molar-refractivity contribution in [2.75, 3.05) is 0 Å². The van der Waals surface area contributed by atoms with Gasteiger partial charge in [0.1, 0.15) is 6.04 Å². The van der Waals surface area contributed by atoms with Crippen LogP contribution in [0.5, 0.6) is 0 Å². The van der Waals surface area contributed by atoms with E-state index in [0.29, 0.717) is 29.8 Å². The number of rotatable bonds is 1. The number of nitrogens with one attached hydrogen (secondary N) is 1. The lowest BCUT2D eigenvalue weighted by Gasteiger charge is -2.31. The molecule has 1 atom stereocenters. The Balaban J connectivity index is 1.96. The second-order valence-electron chi connectivity index (χ2n) is 4.81. The molecule has 4 heteroatoms. The highest BCUT2D eigenvalue weighted by Gasteiger charge is 2.40. The molecule has 2 heterocycles. The number of carbonyl (C=O) groups excluding carboxylic acids is 2. The monoisotopic (exact) mass is 254 g/mol. The lowest BCUT2D eigenvalue weighted by molar-refractivity contribution is -0.125. The summed E-state index contributed by atoms with van der Waals surface area (Å²) in [7, 11) is 0. The number of piperidine rings is 1. The lowest BCUT2D eigenvalue weighted by Crippen LogP contribution is -2.49. The van der Waals surface area contributed by atoms with Crippen molar-refractivity contribution in [3.63, 3.8) is 0 Å². The van der Waals surface area contributed by atoms with Crippen LogP contribution in [-0.2, 0) is 4.79 Å². The molecule has 0 spiro atoms. The molecule has 0 bridgehead atoms. The third-order valence-electron chi connectivity index (χ3n) is 3.61. The summed E-state index contributed by atoms with van der Waals surface area (Å²) in [5.74, 6) is -0.327. The number of hydrogen-bond donors (Lipinski definition) is 1. The summed E-state index contributed by atoms with van der Waals surface area (Å²) >= 11 is 0. The van der Waals surface area contributed by atoms with Gasteiger partial charge in [0.25, 0.3) is 5.91 Å². The molecule has 0 aromatic heterocycles. The van der Waals surface area contributed by atoms with Crippen molar-refractivity contribution in [2.24, 2.45) is 0 Å². The lowest BCUT2D eigenvalue weighted by atomic mass is 10.0. The number of allylic oxidation sites excluding steroid dienone is 1. The number of fused-ring (bicyclic) bond motifs is 1. The first kappa shape index (κ1) is 11.7. The first-order chi connectivity index (χ1) is 9.09.